The predicted molar refractivity (Wildman–Crippen MR) is 130 cm³/mol. The number of fused-ring (bicyclic) bond motifs is 1. The van der Waals surface area contributed by atoms with Gasteiger partial charge in [0.25, 0.3) is 0 Å². The van der Waals surface area contributed by atoms with Crippen LogP contribution in [-0.2, 0) is 18.9 Å². The zero-order valence-electron chi connectivity index (χ0n) is 20.3. The Balaban J connectivity index is 1.20. The van der Waals surface area contributed by atoms with Gasteiger partial charge in [-0.25, -0.2) is 0 Å². The summed E-state index contributed by atoms with van der Waals surface area (Å²) in [5, 5.41) is 2.35. The van der Waals surface area contributed by atoms with Gasteiger partial charge < -0.3 is 23.7 Å². The molecule has 0 saturated carbocycles. The van der Waals surface area contributed by atoms with Crippen molar-refractivity contribution in [2.45, 2.75) is 71.4 Å². The highest BCUT2D eigenvalue weighted by atomic mass is 16.7. The van der Waals surface area contributed by atoms with Gasteiger partial charge >= 0.3 is 0 Å². The maximum absolute atomic E-state index is 6.09. The lowest BCUT2D eigenvalue weighted by molar-refractivity contribution is -0.220. The summed E-state index contributed by atoms with van der Waals surface area (Å²) in [5.41, 5.74) is 1.07. The molecule has 5 heteroatoms. The van der Waals surface area contributed by atoms with E-state index in [0.717, 1.165) is 56.8 Å². The smallest absolute Gasteiger partial charge is 0.183 e. The molecule has 0 bridgehead atoms. The Morgan fingerprint density at radius 2 is 1.39 bits per heavy atom. The summed E-state index contributed by atoms with van der Waals surface area (Å²) in [5.74, 6) is 1.87. The molecule has 2 aliphatic rings. The number of benzene rings is 2. The zero-order chi connectivity index (χ0) is 22.9. The molecule has 2 fully saturated rings. The van der Waals surface area contributed by atoms with Gasteiger partial charge in [0.1, 0.15) is 5.75 Å². The minimum Gasteiger partial charge on any atom is -0.494 e. The maximum atomic E-state index is 6.09. The highest BCUT2D eigenvalue weighted by Crippen LogP contribution is 2.31. The van der Waals surface area contributed by atoms with Crippen LogP contribution in [-0.4, -0.2) is 39.3 Å². The van der Waals surface area contributed by atoms with Crippen molar-refractivity contribution in [2.24, 2.45) is 11.8 Å². The van der Waals surface area contributed by atoms with Gasteiger partial charge in [0.2, 0.25) is 0 Å². The van der Waals surface area contributed by atoms with E-state index in [2.05, 4.69) is 44.2 Å². The van der Waals surface area contributed by atoms with Crippen LogP contribution in [0.2, 0.25) is 0 Å². The molecule has 182 valence electrons. The van der Waals surface area contributed by atoms with Crippen molar-refractivity contribution in [1.29, 1.82) is 0 Å². The molecule has 0 atom stereocenters. The van der Waals surface area contributed by atoms with Crippen LogP contribution in [0.25, 0.3) is 10.8 Å². The first-order valence-corrected chi connectivity index (χ1v) is 12.9. The van der Waals surface area contributed by atoms with E-state index in [0.29, 0.717) is 25.0 Å². The first-order valence-electron chi connectivity index (χ1n) is 12.9. The van der Waals surface area contributed by atoms with E-state index in [4.69, 9.17) is 23.7 Å². The number of hydrogen-bond donors (Lipinski definition) is 0. The Labute approximate surface area is 198 Å². The fraction of sp³-hybridized carbons (Fsp3) is 0.643. The summed E-state index contributed by atoms with van der Waals surface area (Å²) >= 11 is 0. The predicted octanol–water partition coefficient (Wildman–Crippen LogP) is 6.64. The summed E-state index contributed by atoms with van der Waals surface area (Å²) in [7, 11) is 0. The van der Waals surface area contributed by atoms with Crippen LogP contribution in [0.5, 0.6) is 5.75 Å². The van der Waals surface area contributed by atoms with Crippen LogP contribution in [0.3, 0.4) is 0 Å². The summed E-state index contributed by atoms with van der Waals surface area (Å²) in [4.78, 5) is 0. The first kappa shape index (κ1) is 24.5. The van der Waals surface area contributed by atoms with Gasteiger partial charge in [-0.15, -0.1) is 0 Å². The van der Waals surface area contributed by atoms with E-state index >= 15 is 0 Å². The molecular weight excluding hydrogens is 416 g/mol. The highest BCUT2D eigenvalue weighted by Gasteiger charge is 2.27. The zero-order valence-corrected chi connectivity index (χ0v) is 20.3. The van der Waals surface area contributed by atoms with Gasteiger partial charge in [0.15, 0.2) is 12.6 Å². The molecule has 0 aliphatic carbocycles. The topological polar surface area (TPSA) is 46.2 Å². The van der Waals surface area contributed by atoms with Gasteiger partial charge in [0, 0.05) is 17.4 Å². The third kappa shape index (κ3) is 7.16. The molecule has 4 rings (SSSR count). The normalized spacial score (nSPS) is 25.9. The van der Waals surface area contributed by atoms with Crippen molar-refractivity contribution in [3.8, 4) is 5.75 Å². The molecule has 0 radical (unpaired) electrons. The van der Waals surface area contributed by atoms with Gasteiger partial charge in [0.05, 0.1) is 33.0 Å². The largest absolute Gasteiger partial charge is 0.494 e. The quantitative estimate of drug-likeness (QED) is 0.355. The SMILES string of the molecule is CCCCOc1ccc2cc([C@H]3OC[C@H](CC[C@H]4OC[C@H](CCCC)CO4)CO3)ccc2c1. The summed E-state index contributed by atoms with van der Waals surface area (Å²) in [6, 6.07) is 12.7. The van der Waals surface area contributed by atoms with Crippen LogP contribution in [0, 0.1) is 11.8 Å². The van der Waals surface area contributed by atoms with E-state index in [-0.39, 0.29) is 12.6 Å². The molecule has 5 nitrogen and oxygen atoms in total. The molecule has 0 spiro atoms. The molecular formula is C28H40O5. The molecule has 0 amide bonds. The lowest BCUT2D eigenvalue weighted by atomic mass is 10.0. The Hall–Kier alpha value is -1.66. The monoisotopic (exact) mass is 456 g/mol. The standard InChI is InChI=1S/C28H40O5/c1-3-5-7-21-17-30-27(31-18-21)13-8-22-19-32-28(33-20-22)25-10-9-24-16-26(29-14-6-4-2)12-11-23(24)15-25/h9-12,15-16,21-22,27-28H,3-8,13-14,17-20H2,1-2H3/t21-,22-,27-,28-. The molecule has 2 heterocycles. The molecule has 2 aromatic carbocycles. The van der Waals surface area contributed by atoms with Crippen molar-refractivity contribution < 1.29 is 23.7 Å². The second-order valence-corrected chi connectivity index (χ2v) is 9.52. The summed E-state index contributed by atoms with van der Waals surface area (Å²) in [6.07, 6.45) is 7.44. The highest BCUT2D eigenvalue weighted by molar-refractivity contribution is 5.84. The minimum atomic E-state index is -0.298. The molecule has 0 aromatic heterocycles. The molecule has 2 saturated heterocycles. The van der Waals surface area contributed by atoms with Crippen LogP contribution >= 0.6 is 0 Å². The summed E-state index contributed by atoms with van der Waals surface area (Å²) in [6.45, 7) is 8.25. The van der Waals surface area contributed by atoms with Crippen LogP contribution in [0.15, 0.2) is 36.4 Å². The lowest BCUT2D eigenvalue weighted by Gasteiger charge is -2.32. The molecule has 2 aliphatic heterocycles. The molecule has 2 aromatic rings. The van der Waals surface area contributed by atoms with Crippen molar-refractivity contribution in [3.05, 3.63) is 42.0 Å². The number of ether oxygens (including phenoxy) is 5. The van der Waals surface area contributed by atoms with E-state index in [1.54, 1.807) is 0 Å². The van der Waals surface area contributed by atoms with Crippen LogP contribution < -0.4 is 4.74 Å². The molecule has 33 heavy (non-hydrogen) atoms. The average Bonchev–Trinajstić information content (AvgIpc) is 2.87. The van der Waals surface area contributed by atoms with E-state index in [1.807, 2.05) is 6.07 Å². The number of rotatable bonds is 11. The van der Waals surface area contributed by atoms with Gasteiger partial charge in [-0.05, 0) is 54.7 Å². The van der Waals surface area contributed by atoms with Crippen LogP contribution in [0.4, 0.5) is 0 Å². The number of unbranched alkanes of at least 4 members (excludes halogenated alkanes) is 2. The van der Waals surface area contributed by atoms with E-state index in [9.17, 15) is 0 Å². The third-order valence-electron chi connectivity index (χ3n) is 6.65. The second kappa shape index (κ2) is 12.7. The van der Waals surface area contributed by atoms with E-state index in [1.165, 1.54) is 30.0 Å². The van der Waals surface area contributed by atoms with Gasteiger partial charge in [-0.2, -0.15) is 0 Å². The fourth-order valence-corrected chi connectivity index (χ4v) is 4.50. The Morgan fingerprint density at radius 3 is 2.15 bits per heavy atom. The fourth-order valence-electron chi connectivity index (χ4n) is 4.50. The van der Waals surface area contributed by atoms with Crippen molar-refractivity contribution in [3.63, 3.8) is 0 Å². The Bertz CT molecular complexity index is 837. The Kier molecular flexibility index (Phi) is 9.42. The third-order valence-corrected chi connectivity index (χ3v) is 6.65. The average molecular weight is 457 g/mol. The molecule has 0 unspecified atom stereocenters. The van der Waals surface area contributed by atoms with E-state index < -0.39 is 0 Å². The second-order valence-electron chi connectivity index (χ2n) is 9.52. The number of hydrogen-bond acceptors (Lipinski definition) is 5. The maximum Gasteiger partial charge on any atom is 0.183 e. The van der Waals surface area contributed by atoms with Crippen molar-refractivity contribution >= 4 is 10.8 Å². The minimum absolute atomic E-state index is 0.0723. The lowest BCUT2D eigenvalue weighted by Crippen LogP contribution is -2.33. The van der Waals surface area contributed by atoms with Crippen LogP contribution in [0.1, 0.15) is 70.6 Å². The molecule has 0 N–H and O–H groups in total. The Morgan fingerprint density at radius 1 is 0.727 bits per heavy atom. The van der Waals surface area contributed by atoms with Crippen molar-refractivity contribution in [2.75, 3.05) is 33.0 Å². The summed E-state index contributed by atoms with van der Waals surface area (Å²) < 4.78 is 29.9. The van der Waals surface area contributed by atoms with Gasteiger partial charge in [-0.3, -0.25) is 0 Å². The van der Waals surface area contributed by atoms with Gasteiger partial charge in [-0.1, -0.05) is 51.3 Å². The first-order chi connectivity index (χ1) is 16.2. The van der Waals surface area contributed by atoms with Crippen molar-refractivity contribution in [1.82, 2.24) is 0 Å².